The first-order valence-electron chi connectivity index (χ1n) is 3.68. The highest BCUT2D eigenvalue weighted by Crippen LogP contribution is 2.11. The molecule has 0 spiro atoms. The van der Waals surface area contributed by atoms with E-state index < -0.39 is 27.4 Å². The molecule has 0 aromatic carbocycles. The molecule has 0 heterocycles. The summed E-state index contributed by atoms with van der Waals surface area (Å²) in [6.45, 7) is 4.42. The monoisotopic (exact) mass is 286 g/mol. The molecule has 0 saturated carbocycles. The van der Waals surface area contributed by atoms with E-state index in [0.717, 1.165) is 6.08 Å². The molecule has 0 bridgehead atoms. The van der Waals surface area contributed by atoms with Crippen LogP contribution in [0.4, 0.5) is 0 Å². The summed E-state index contributed by atoms with van der Waals surface area (Å²) in [7, 11) is -4.21. The van der Waals surface area contributed by atoms with Crippen LogP contribution in [0.15, 0.2) is 12.7 Å². The highest BCUT2D eigenvalue weighted by Gasteiger charge is 2.29. The molecule has 2 atom stereocenters. The normalized spacial score (nSPS) is 15.6. The van der Waals surface area contributed by atoms with E-state index >= 15 is 0 Å². The molecule has 0 amide bonds. The van der Waals surface area contributed by atoms with Gasteiger partial charge in [-0.05, 0) is 6.92 Å². The molecule has 0 aromatic heterocycles. The maximum absolute atomic E-state index is 10.8. The standard InChI is InChI=1S/C7H11BrO5S/c1-3-7(9)13-6(4-8)5(2)14(10,11)12/h3,5-6H,1,4H2,2H3,(H,10,11,12). The van der Waals surface area contributed by atoms with E-state index in [1.165, 1.54) is 6.92 Å². The van der Waals surface area contributed by atoms with Crippen molar-refractivity contribution in [2.24, 2.45) is 0 Å². The summed E-state index contributed by atoms with van der Waals surface area (Å²) in [4.78, 5) is 10.8. The van der Waals surface area contributed by atoms with Gasteiger partial charge in [-0.3, -0.25) is 4.55 Å². The Kier molecular flexibility index (Phi) is 5.32. The molecule has 0 fully saturated rings. The minimum atomic E-state index is -4.21. The number of rotatable bonds is 5. The highest BCUT2D eigenvalue weighted by atomic mass is 79.9. The van der Waals surface area contributed by atoms with E-state index in [1.807, 2.05) is 0 Å². The SMILES string of the molecule is C=CC(=O)OC(CBr)C(C)S(=O)(=O)O. The molecule has 0 rings (SSSR count). The number of esters is 1. The van der Waals surface area contributed by atoms with Crippen LogP contribution in [0.5, 0.6) is 0 Å². The van der Waals surface area contributed by atoms with Gasteiger partial charge in [-0.1, -0.05) is 22.5 Å². The molecule has 7 heteroatoms. The van der Waals surface area contributed by atoms with Crippen molar-refractivity contribution in [3.8, 4) is 0 Å². The Morgan fingerprint density at radius 1 is 1.71 bits per heavy atom. The van der Waals surface area contributed by atoms with Gasteiger partial charge in [0.05, 0.1) is 0 Å². The van der Waals surface area contributed by atoms with Crippen molar-refractivity contribution in [2.45, 2.75) is 18.3 Å². The Morgan fingerprint density at radius 3 is 2.50 bits per heavy atom. The lowest BCUT2D eigenvalue weighted by Crippen LogP contribution is -2.35. The third kappa shape index (κ3) is 4.21. The molecule has 0 aliphatic heterocycles. The van der Waals surface area contributed by atoms with Crippen LogP contribution in [-0.2, 0) is 19.6 Å². The molecule has 1 N–H and O–H groups in total. The Hall–Kier alpha value is -0.400. The first-order chi connectivity index (χ1) is 6.32. The zero-order chi connectivity index (χ0) is 11.4. The zero-order valence-electron chi connectivity index (χ0n) is 7.51. The van der Waals surface area contributed by atoms with Gasteiger partial charge in [0.1, 0.15) is 11.4 Å². The lowest BCUT2D eigenvalue weighted by atomic mass is 10.3. The predicted molar refractivity (Wildman–Crippen MR) is 54.9 cm³/mol. The van der Waals surface area contributed by atoms with E-state index in [4.69, 9.17) is 9.29 Å². The van der Waals surface area contributed by atoms with E-state index in [-0.39, 0.29) is 5.33 Å². The number of ether oxygens (including phenoxy) is 1. The van der Waals surface area contributed by atoms with Crippen LogP contribution >= 0.6 is 15.9 Å². The van der Waals surface area contributed by atoms with E-state index in [9.17, 15) is 13.2 Å². The van der Waals surface area contributed by atoms with Gasteiger partial charge in [0, 0.05) is 11.4 Å². The molecule has 2 unspecified atom stereocenters. The third-order valence-corrected chi connectivity index (χ3v) is 3.46. The van der Waals surface area contributed by atoms with E-state index in [0.29, 0.717) is 0 Å². The second kappa shape index (κ2) is 5.47. The van der Waals surface area contributed by atoms with Gasteiger partial charge >= 0.3 is 5.97 Å². The topological polar surface area (TPSA) is 80.7 Å². The Morgan fingerprint density at radius 2 is 2.21 bits per heavy atom. The second-order valence-electron chi connectivity index (χ2n) is 2.55. The third-order valence-electron chi connectivity index (χ3n) is 1.58. The van der Waals surface area contributed by atoms with Crippen LogP contribution in [0.3, 0.4) is 0 Å². The molecule has 0 saturated heterocycles. The number of hydrogen-bond acceptors (Lipinski definition) is 4. The number of carbonyl (C=O) groups excluding carboxylic acids is 1. The van der Waals surface area contributed by atoms with E-state index in [2.05, 4.69) is 22.5 Å². The van der Waals surface area contributed by atoms with Gasteiger partial charge in [-0.15, -0.1) is 0 Å². The number of alkyl halides is 1. The molecule has 0 aliphatic carbocycles. The summed E-state index contributed by atoms with van der Waals surface area (Å²) in [6.07, 6.45) is -0.0117. The van der Waals surface area contributed by atoms with Gasteiger partial charge in [-0.25, -0.2) is 4.79 Å². The summed E-state index contributed by atoms with van der Waals surface area (Å²) in [5.41, 5.74) is 0. The molecule has 0 aliphatic rings. The van der Waals surface area contributed by atoms with Crippen LogP contribution in [0, 0.1) is 0 Å². The Bertz CT molecular complexity index is 310. The minimum Gasteiger partial charge on any atom is -0.457 e. The van der Waals surface area contributed by atoms with Gasteiger partial charge in [0.2, 0.25) is 0 Å². The maximum Gasteiger partial charge on any atom is 0.330 e. The average molecular weight is 287 g/mol. The van der Waals surface area contributed by atoms with Crippen LogP contribution in [0.1, 0.15) is 6.92 Å². The van der Waals surface area contributed by atoms with Gasteiger partial charge < -0.3 is 4.74 Å². The smallest absolute Gasteiger partial charge is 0.330 e. The van der Waals surface area contributed by atoms with E-state index in [1.54, 1.807) is 0 Å². The summed E-state index contributed by atoms with van der Waals surface area (Å²) >= 11 is 2.98. The van der Waals surface area contributed by atoms with Crippen molar-refractivity contribution < 1.29 is 22.5 Å². The second-order valence-corrected chi connectivity index (χ2v) is 4.97. The van der Waals surface area contributed by atoms with Crippen LogP contribution in [0.2, 0.25) is 0 Å². The average Bonchev–Trinajstić information content (AvgIpc) is 2.11. The van der Waals surface area contributed by atoms with Crippen molar-refractivity contribution >= 4 is 32.0 Å². The van der Waals surface area contributed by atoms with Gasteiger partial charge in [0.15, 0.2) is 0 Å². The highest BCUT2D eigenvalue weighted by molar-refractivity contribution is 9.09. The Labute approximate surface area is 91.0 Å². The van der Waals surface area contributed by atoms with Crippen molar-refractivity contribution in [3.63, 3.8) is 0 Å². The predicted octanol–water partition coefficient (Wildman–Crippen LogP) is 0.755. The quantitative estimate of drug-likeness (QED) is 0.349. The molecule has 0 aromatic rings. The van der Waals surface area contributed by atoms with Crippen LogP contribution < -0.4 is 0 Å². The van der Waals surface area contributed by atoms with Crippen LogP contribution in [0.25, 0.3) is 0 Å². The van der Waals surface area contributed by atoms with Gasteiger partial charge in [0.25, 0.3) is 10.1 Å². The fourth-order valence-corrected chi connectivity index (χ4v) is 2.12. The lowest BCUT2D eigenvalue weighted by Gasteiger charge is -2.18. The maximum atomic E-state index is 10.8. The molecule has 82 valence electrons. The lowest BCUT2D eigenvalue weighted by molar-refractivity contribution is -0.141. The fourth-order valence-electron chi connectivity index (χ4n) is 0.642. The number of hydrogen-bond donors (Lipinski definition) is 1. The van der Waals surface area contributed by atoms with Crippen LogP contribution in [-0.4, -0.2) is 35.6 Å². The molecular weight excluding hydrogens is 276 g/mol. The number of halogens is 1. The molecular formula is C7H11BrO5S. The number of carbonyl (C=O) groups is 1. The summed E-state index contributed by atoms with van der Waals surface area (Å²) in [5, 5.41) is -1.06. The zero-order valence-corrected chi connectivity index (χ0v) is 9.92. The van der Waals surface area contributed by atoms with Crippen molar-refractivity contribution in [3.05, 3.63) is 12.7 Å². The van der Waals surface area contributed by atoms with Crippen molar-refractivity contribution in [2.75, 3.05) is 5.33 Å². The Balaban J connectivity index is 4.57. The summed E-state index contributed by atoms with van der Waals surface area (Å²) < 4.78 is 34.8. The minimum absolute atomic E-state index is 0.119. The fraction of sp³-hybridized carbons (Fsp3) is 0.571. The summed E-state index contributed by atoms with van der Waals surface area (Å²) in [6, 6.07) is 0. The largest absolute Gasteiger partial charge is 0.457 e. The molecule has 0 radical (unpaired) electrons. The van der Waals surface area contributed by atoms with Crippen molar-refractivity contribution in [1.29, 1.82) is 0 Å². The molecule has 14 heavy (non-hydrogen) atoms. The van der Waals surface area contributed by atoms with Crippen molar-refractivity contribution in [1.82, 2.24) is 0 Å². The first-order valence-corrected chi connectivity index (χ1v) is 6.30. The van der Waals surface area contributed by atoms with Gasteiger partial charge in [-0.2, -0.15) is 8.42 Å². The first kappa shape index (κ1) is 13.6. The molecule has 5 nitrogen and oxygen atoms in total. The summed E-state index contributed by atoms with van der Waals surface area (Å²) in [5.74, 6) is -0.732.